The molecule has 0 spiro atoms. The molecule has 0 aromatic carbocycles. The van der Waals surface area contributed by atoms with Crippen LogP contribution in [0.15, 0.2) is 11.6 Å². The Labute approximate surface area is 135 Å². The molecule has 22 heavy (non-hydrogen) atoms. The molecule has 3 fully saturated rings. The predicted octanol–water partition coefficient (Wildman–Crippen LogP) is 3.92. The van der Waals surface area contributed by atoms with Crippen molar-refractivity contribution in [3.63, 3.8) is 0 Å². The van der Waals surface area contributed by atoms with Gasteiger partial charge in [-0.15, -0.1) is 0 Å². The fourth-order valence-electron chi connectivity index (χ4n) is 7.12. The van der Waals surface area contributed by atoms with Gasteiger partial charge in [-0.2, -0.15) is 0 Å². The maximum absolute atomic E-state index is 10.0. The van der Waals surface area contributed by atoms with E-state index < -0.39 is 0 Å². The van der Waals surface area contributed by atoms with Crippen LogP contribution in [0.5, 0.6) is 0 Å². The molecule has 0 amide bonds. The van der Waals surface area contributed by atoms with E-state index in [0.717, 1.165) is 24.2 Å². The second kappa shape index (κ2) is 5.08. The lowest BCUT2D eigenvalue weighted by molar-refractivity contribution is -0.0615. The fourth-order valence-corrected chi connectivity index (χ4v) is 7.12. The molecule has 2 unspecified atom stereocenters. The maximum atomic E-state index is 10.0. The number of aliphatic hydroxyl groups excluding tert-OH is 2. The van der Waals surface area contributed by atoms with Crippen LogP contribution < -0.4 is 0 Å². The van der Waals surface area contributed by atoms with Crippen LogP contribution in [-0.4, -0.2) is 22.9 Å². The zero-order valence-corrected chi connectivity index (χ0v) is 14.2. The number of hydrogen-bond acceptors (Lipinski definition) is 2. The van der Waals surface area contributed by atoms with Crippen molar-refractivity contribution in [3.05, 3.63) is 11.6 Å². The van der Waals surface area contributed by atoms with Crippen LogP contribution in [0.1, 0.15) is 65.2 Å². The average molecular weight is 304 g/mol. The van der Waals surface area contributed by atoms with Gasteiger partial charge in [-0.3, -0.25) is 0 Å². The van der Waals surface area contributed by atoms with Crippen LogP contribution in [0, 0.1) is 34.5 Å². The lowest BCUT2D eigenvalue weighted by Gasteiger charge is -2.58. The lowest BCUT2D eigenvalue weighted by atomic mass is 9.47. The molecular weight excluding hydrogens is 272 g/mol. The van der Waals surface area contributed by atoms with Gasteiger partial charge >= 0.3 is 0 Å². The summed E-state index contributed by atoms with van der Waals surface area (Å²) in [6, 6.07) is 0. The van der Waals surface area contributed by atoms with Crippen molar-refractivity contribution in [1.82, 2.24) is 0 Å². The molecule has 4 aliphatic carbocycles. The molecule has 0 aromatic heterocycles. The molecule has 0 heterocycles. The molecule has 7 atom stereocenters. The molecule has 4 rings (SSSR count). The maximum Gasteiger partial charge on any atom is 0.0724 e. The minimum absolute atomic E-state index is 0.196. The first-order valence-electron chi connectivity index (χ1n) is 9.49. The highest BCUT2D eigenvalue weighted by atomic mass is 16.3. The van der Waals surface area contributed by atoms with E-state index in [4.69, 9.17) is 0 Å². The second-order valence-electron chi connectivity index (χ2n) is 9.13. The van der Waals surface area contributed by atoms with E-state index in [-0.39, 0.29) is 6.10 Å². The predicted molar refractivity (Wildman–Crippen MR) is 88.3 cm³/mol. The molecule has 0 aromatic rings. The van der Waals surface area contributed by atoms with E-state index in [2.05, 4.69) is 19.9 Å². The van der Waals surface area contributed by atoms with Gasteiger partial charge in [0.1, 0.15) is 0 Å². The number of fused-ring (bicyclic) bond motifs is 5. The highest BCUT2D eigenvalue weighted by molar-refractivity contribution is 5.25. The highest BCUT2D eigenvalue weighted by Crippen LogP contribution is 2.66. The van der Waals surface area contributed by atoms with Crippen molar-refractivity contribution in [2.24, 2.45) is 34.5 Å². The van der Waals surface area contributed by atoms with Crippen molar-refractivity contribution in [2.75, 3.05) is 6.61 Å². The summed E-state index contributed by atoms with van der Waals surface area (Å²) in [5.41, 5.74) is 2.30. The third-order valence-electron chi connectivity index (χ3n) is 8.51. The summed E-state index contributed by atoms with van der Waals surface area (Å²) in [4.78, 5) is 0. The monoisotopic (exact) mass is 304 g/mol. The summed E-state index contributed by atoms with van der Waals surface area (Å²) in [6.07, 6.45) is 11.8. The Bertz CT molecular complexity index is 484. The van der Waals surface area contributed by atoms with Gasteiger partial charge in [0.25, 0.3) is 0 Å². The smallest absolute Gasteiger partial charge is 0.0724 e. The minimum atomic E-state index is -0.196. The van der Waals surface area contributed by atoms with Gasteiger partial charge < -0.3 is 10.2 Å². The summed E-state index contributed by atoms with van der Waals surface area (Å²) in [5, 5.41) is 19.8. The van der Waals surface area contributed by atoms with Gasteiger partial charge in [0, 0.05) is 6.61 Å². The van der Waals surface area contributed by atoms with E-state index in [9.17, 15) is 10.2 Å². The Morgan fingerprint density at radius 1 is 1.05 bits per heavy atom. The Balaban J connectivity index is 1.65. The van der Waals surface area contributed by atoms with Gasteiger partial charge in [0.2, 0.25) is 0 Å². The van der Waals surface area contributed by atoms with Gasteiger partial charge in [0.15, 0.2) is 0 Å². The number of hydrogen-bond donors (Lipinski definition) is 2. The van der Waals surface area contributed by atoms with Crippen molar-refractivity contribution in [3.8, 4) is 0 Å². The third-order valence-corrected chi connectivity index (χ3v) is 8.51. The Hall–Kier alpha value is -0.340. The SMILES string of the molecule is C[C@]12CCC(O)C=C1CC[C@@H]1[C@H]2CC[C@]2(C)C(CO)CC[C@@H]12. The zero-order valence-electron chi connectivity index (χ0n) is 14.2. The van der Waals surface area contributed by atoms with Crippen LogP contribution in [0.2, 0.25) is 0 Å². The topological polar surface area (TPSA) is 40.5 Å². The first kappa shape index (κ1) is 15.2. The molecule has 0 saturated heterocycles. The summed E-state index contributed by atoms with van der Waals surface area (Å²) >= 11 is 0. The van der Waals surface area contributed by atoms with E-state index >= 15 is 0 Å². The fraction of sp³-hybridized carbons (Fsp3) is 0.900. The molecule has 0 aliphatic heterocycles. The quantitative estimate of drug-likeness (QED) is 0.721. The standard InChI is InChI=1S/C20H32O2/c1-19-9-7-15(22)11-13(19)3-5-16-17-6-4-14(12-21)20(17,2)10-8-18(16)19/h11,14-18,21-22H,3-10,12H2,1-2H3/t14?,15?,16-,17-,18+,19-,20+/m0/s1. The Morgan fingerprint density at radius 3 is 2.64 bits per heavy atom. The molecule has 0 bridgehead atoms. The van der Waals surface area contributed by atoms with Crippen LogP contribution >= 0.6 is 0 Å². The number of allylic oxidation sites excluding steroid dienone is 1. The number of rotatable bonds is 1. The molecule has 3 saturated carbocycles. The molecule has 2 nitrogen and oxygen atoms in total. The molecule has 4 aliphatic rings. The first-order valence-corrected chi connectivity index (χ1v) is 9.49. The van der Waals surface area contributed by atoms with Crippen molar-refractivity contribution in [2.45, 2.75) is 71.3 Å². The van der Waals surface area contributed by atoms with Gasteiger partial charge in [-0.25, -0.2) is 0 Å². The van der Waals surface area contributed by atoms with Crippen molar-refractivity contribution in [1.29, 1.82) is 0 Å². The molecular formula is C20H32O2. The summed E-state index contributed by atoms with van der Waals surface area (Å²) in [6.45, 7) is 5.35. The molecule has 2 N–H and O–H groups in total. The largest absolute Gasteiger partial charge is 0.396 e. The van der Waals surface area contributed by atoms with E-state index in [1.807, 2.05) is 0 Å². The Kier molecular flexibility index (Phi) is 3.51. The molecule has 0 radical (unpaired) electrons. The molecule has 2 heteroatoms. The summed E-state index contributed by atoms with van der Waals surface area (Å²) in [5.74, 6) is 3.04. The zero-order chi connectivity index (χ0) is 15.5. The average Bonchev–Trinajstić information content (AvgIpc) is 2.84. The van der Waals surface area contributed by atoms with Gasteiger partial charge in [0.05, 0.1) is 6.10 Å². The normalized spacial score (nSPS) is 54.2. The van der Waals surface area contributed by atoms with Gasteiger partial charge in [-0.05, 0) is 85.9 Å². The second-order valence-corrected chi connectivity index (χ2v) is 9.13. The first-order chi connectivity index (χ1) is 10.5. The van der Waals surface area contributed by atoms with Crippen LogP contribution in [-0.2, 0) is 0 Å². The van der Waals surface area contributed by atoms with Crippen LogP contribution in [0.3, 0.4) is 0 Å². The lowest BCUT2D eigenvalue weighted by Crippen LogP contribution is -2.50. The number of aliphatic hydroxyl groups is 2. The third kappa shape index (κ3) is 1.92. The summed E-state index contributed by atoms with van der Waals surface area (Å²) < 4.78 is 0. The Morgan fingerprint density at radius 2 is 1.86 bits per heavy atom. The summed E-state index contributed by atoms with van der Waals surface area (Å²) in [7, 11) is 0. The minimum Gasteiger partial charge on any atom is -0.396 e. The van der Waals surface area contributed by atoms with Gasteiger partial charge in [-0.1, -0.05) is 25.5 Å². The van der Waals surface area contributed by atoms with E-state index in [1.54, 1.807) is 5.57 Å². The van der Waals surface area contributed by atoms with Crippen molar-refractivity contribution >= 4 is 0 Å². The van der Waals surface area contributed by atoms with Crippen LogP contribution in [0.4, 0.5) is 0 Å². The highest BCUT2D eigenvalue weighted by Gasteiger charge is 2.58. The van der Waals surface area contributed by atoms with Crippen LogP contribution in [0.25, 0.3) is 0 Å². The van der Waals surface area contributed by atoms with E-state index in [0.29, 0.717) is 23.4 Å². The molecule has 124 valence electrons. The van der Waals surface area contributed by atoms with Crippen molar-refractivity contribution < 1.29 is 10.2 Å². The van der Waals surface area contributed by atoms with E-state index in [1.165, 1.54) is 44.9 Å².